The minimum Gasteiger partial charge on any atom is -0.399 e. The van der Waals surface area contributed by atoms with Crippen LogP contribution in [0.5, 0.6) is 0 Å². The van der Waals surface area contributed by atoms with Gasteiger partial charge in [-0.05, 0) is 61.8 Å². The summed E-state index contributed by atoms with van der Waals surface area (Å²) in [4.78, 5) is 8.35. The second kappa shape index (κ2) is 6.96. The Hall–Kier alpha value is -2.11. The van der Waals surface area contributed by atoms with E-state index in [-0.39, 0.29) is 23.7 Å². The van der Waals surface area contributed by atoms with E-state index in [2.05, 4.69) is 103 Å². The molecule has 1 atom stereocenters. The Morgan fingerprint density at radius 2 is 1.47 bits per heavy atom. The lowest BCUT2D eigenvalue weighted by Crippen LogP contribution is -2.41. The van der Waals surface area contributed by atoms with Crippen LogP contribution in [0.25, 0.3) is 22.2 Å². The summed E-state index contributed by atoms with van der Waals surface area (Å²) in [5, 5.41) is 0. The van der Waals surface area contributed by atoms with E-state index in [0.29, 0.717) is 5.92 Å². The topological polar surface area (TPSA) is 47.1 Å². The number of hydrogen-bond acceptors (Lipinski definition) is 3. The van der Waals surface area contributed by atoms with Crippen molar-refractivity contribution in [2.24, 2.45) is 5.41 Å². The lowest BCUT2D eigenvalue weighted by Gasteiger charge is -2.32. The van der Waals surface area contributed by atoms with E-state index in [9.17, 15) is 0 Å². The van der Waals surface area contributed by atoms with Gasteiger partial charge in [-0.3, -0.25) is 0 Å². The van der Waals surface area contributed by atoms with Crippen LogP contribution in [-0.4, -0.2) is 28.3 Å². The number of nitrogens with zero attached hydrogens (tertiary/aromatic N) is 1. The maximum absolute atomic E-state index is 6.17. The zero-order valence-electron chi connectivity index (χ0n) is 19.5. The molecule has 0 saturated carbocycles. The maximum Gasteiger partial charge on any atom is 0.494 e. The molecule has 5 heteroatoms. The molecular weight excluding hydrogens is 371 g/mol. The first-order valence-corrected chi connectivity index (χ1v) is 10.8. The van der Waals surface area contributed by atoms with Crippen LogP contribution in [0.3, 0.4) is 0 Å². The molecular formula is C25H33BN2O2. The van der Waals surface area contributed by atoms with Crippen LogP contribution in [0.1, 0.15) is 67.1 Å². The Morgan fingerprint density at radius 3 is 2.03 bits per heavy atom. The highest BCUT2D eigenvalue weighted by atomic mass is 16.7. The fourth-order valence-corrected chi connectivity index (χ4v) is 3.64. The van der Waals surface area contributed by atoms with Gasteiger partial charge in [0.1, 0.15) is 5.82 Å². The standard InChI is InChI=1S/C25H33BN2O2/c1-16(23(2,3)4)22-27-20-14-11-18(15-21(20)28-22)17-9-12-19(13-10-17)26-29-24(5,6)25(7,8)30-26/h9-16H,1-8H3,(H,27,28)/t16-/m1/s1. The van der Waals surface area contributed by atoms with Gasteiger partial charge in [-0.1, -0.05) is 58.0 Å². The Morgan fingerprint density at radius 1 is 0.900 bits per heavy atom. The predicted octanol–water partition coefficient (Wildman–Crippen LogP) is 5.68. The van der Waals surface area contributed by atoms with Gasteiger partial charge in [0.15, 0.2) is 0 Å². The summed E-state index contributed by atoms with van der Waals surface area (Å²) < 4.78 is 12.3. The van der Waals surface area contributed by atoms with Crippen molar-refractivity contribution < 1.29 is 9.31 Å². The van der Waals surface area contributed by atoms with E-state index in [1.807, 2.05) is 0 Å². The molecule has 1 N–H and O–H groups in total. The molecule has 1 aliphatic heterocycles. The number of aromatic nitrogens is 2. The van der Waals surface area contributed by atoms with Crippen molar-refractivity contribution in [2.75, 3.05) is 0 Å². The first-order valence-electron chi connectivity index (χ1n) is 10.8. The van der Waals surface area contributed by atoms with Crippen LogP contribution < -0.4 is 5.46 Å². The third-order valence-corrected chi connectivity index (χ3v) is 6.98. The Balaban J connectivity index is 1.59. The largest absolute Gasteiger partial charge is 0.494 e. The van der Waals surface area contributed by atoms with Crippen LogP contribution in [0.15, 0.2) is 42.5 Å². The summed E-state index contributed by atoms with van der Waals surface area (Å²) in [5.41, 5.74) is 4.97. The number of aromatic amines is 1. The third-order valence-electron chi connectivity index (χ3n) is 6.98. The minimum absolute atomic E-state index is 0.167. The number of benzene rings is 2. The van der Waals surface area contributed by atoms with E-state index < -0.39 is 0 Å². The number of H-pyrrole nitrogens is 1. The van der Waals surface area contributed by atoms with Crippen LogP contribution in [0.2, 0.25) is 0 Å². The van der Waals surface area contributed by atoms with Crippen molar-refractivity contribution in [3.63, 3.8) is 0 Å². The van der Waals surface area contributed by atoms with Crippen molar-refractivity contribution in [1.29, 1.82) is 0 Å². The van der Waals surface area contributed by atoms with Crippen LogP contribution in [-0.2, 0) is 9.31 Å². The molecule has 1 saturated heterocycles. The molecule has 2 aromatic carbocycles. The van der Waals surface area contributed by atoms with Gasteiger partial charge in [0.2, 0.25) is 0 Å². The lowest BCUT2D eigenvalue weighted by atomic mass is 9.78. The highest BCUT2D eigenvalue weighted by molar-refractivity contribution is 6.62. The number of fused-ring (bicyclic) bond motifs is 1. The summed E-state index contributed by atoms with van der Waals surface area (Å²) >= 11 is 0. The number of hydrogen-bond donors (Lipinski definition) is 1. The highest BCUT2D eigenvalue weighted by Gasteiger charge is 2.51. The molecule has 3 aromatic rings. The van der Waals surface area contributed by atoms with E-state index in [1.165, 1.54) is 5.56 Å². The van der Waals surface area contributed by atoms with Crippen molar-refractivity contribution in [3.8, 4) is 11.1 Å². The van der Waals surface area contributed by atoms with Gasteiger partial charge in [-0.15, -0.1) is 0 Å². The second-order valence-electron chi connectivity index (χ2n) is 10.7. The molecule has 0 aliphatic carbocycles. The molecule has 1 fully saturated rings. The number of imidazole rings is 1. The Kier molecular flexibility index (Phi) is 4.91. The highest BCUT2D eigenvalue weighted by Crippen LogP contribution is 2.37. The Bertz CT molecular complexity index is 1040. The molecule has 2 heterocycles. The van der Waals surface area contributed by atoms with Gasteiger partial charge in [-0.25, -0.2) is 4.98 Å². The summed E-state index contributed by atoms with van der Waals surface area (Å²) in [7, 11) is -0.333. The molecule has 4 nitrogen and oxygen atoms in total. The van der Waals surface area contributed by atoms with Gasteiger partial charge >= 0.3 is 7.12 Å². The summed E-state index contributed by atoms with van der Waals surface area (Å²) in [6.45, 7) is 17.3. The van der Waals surface area contributed by atoms with Crippen molar-refractivity contribution in [3.05, 3.63) is 48.3 Å². The van der Waals surface area contributed by atoms with E-state index in [0.717, 1.165) is 27.9 Å². The van der Waals surface area contributed by atoms with Crippen LogP contribution in [0.4, 0.5) is 0 Å². The molecule has 0 unspecified atom stereocenters. The van der Waals surface area contributed by atoms with E-state index in [4.69, 9.17) is 14.3 Å². The van der Waals surface area contributed by atoms with Crippen LogP contribution in [0, 0.1) is 5.41 Å². The fraction of sp³-hybridized carbons (Fsp3) is 0.480. The number of nitrogens with one attached hydrogen (secondary N) is 1. The zero-order valence-corrected chi connectivity index (χ0v) is 19.5. The predicted molar refractivity (Wildman–Crippen MR) is 125 cm³/mol. The summed E-state index contributed by atoms with van der Waals surface area (Å²) in [5.74, 6) is 1.40. The molecule has 4 rings (SSSR count). The molecule has 1 aromatic heterocycles. The van der Waals surface area contributed by atoms with Crippen molar-refractivity contribution >= 4 is 23.6 Å². The molecule has 0 bridgehead atoms. The summed E-state index contributed by atoms with van der Waals surface area (Å²) in [6.07, 6.45) is 0. The quantitative estimate of drug-likeness (QED) is 0.572. The zero-order chi connectivity index (χ0) is 21.9. The van der Waals surface area contributed by atoms with E-state index >= 15 is 0 Å². The SMILES string of the molecule is C[C@H](c1nc2ccc(-c3ccc(B4OC(C)(C)C(C)(C)O4)cc3)cc2[nH]1)C(C)(C)C. The molecule has 0 amide bonds. The molecule has 1 aliphatic rings. The first-order chi connectivity index (χ1) is 13.9. The Labute approximate surface area is 180 Å². The lowest BCUT2D eigenvalue weighted by molar-refractivity contribution is 0.00578. The van der Waals surface area contributed by atoms with Gasteiger partial charge in [-0.2, -0.15) is 0 Å². The third kappa shape index (κ3) is 3.70. The fourth-order valence-electron chi connectivity index (χ4n) is 3.64. The van der Waals surface area contributed by atoms with Gasteiger partial charge in [0.05, 0.1) is 22.2 Å². The monoisotopic (exact) mass is 404 g/mol. The number of rotatable bonds is 3. The van der Waals surface area contributed by atoms with Gasteiger partial charge in [0.25, 0.3) is 0 Å². The maximum atomic E-state index is 6.17. The van der Waals surface area contributed by atoms with Crippen LogP contribution >= 0.6 is 0 Å². The summed E-state index contributed by atoms with van der Waals surface area (Å²) in [6, 6.07) is 14.9. The average molecular weight is 404 g/mol. The smallest absolute Gasteiger partial charge is 0.399 e. The molecule has 0 radical (unpaired) electrons. The minimum atomic E-state index is -0.333. The normalized spacial score (nSPS) is 19.4. The second-order valence-corrected chi connectivity index (χ2v) is 10.7. The van der Waals surface area contributed by atoms with Crippen molar-refractivity contribution in [2.45, 2.75) is 72.5 Å². The molecule has 30 heavy (non-hydrogen) atoms. The average Bonchev–Trinajstić information content (AvgIpc) is 3.17. The van der Waals surface area contributed by atoms with E-state index in [1.54, 1.807) is 0 Å². The van der Waals surface area contributed by atoms with Gasteiger partial charge < -0.3 is 14.3 Å². The van der Waals surface area contributed by atoms with Crippen molar-refractivity contribution in [1.82, 2.24) is 9.97 Å². The molecule has 0 spiro atoms. The first kappa shape index (κ1) is 21.1. The molecule has 158 valence electrons. The van der Waals surface area contributed by atoms with Gasteiger partial charge in [0, 0.05) is 5.92 Å².